The van der Waals surface area contributed by atoms with Crippen molar-refractivity contribution >= 4 is 17.5 Å². The summed E-state index contributed by atoms with van der Waals surface area (Å²) in [5, 5.41) is 6.43. The lowest BCUT2D eigenvalue weighted by Gasteiger charge is -2.05. The summed E-state index contributed by atoms with van der Waals surface area (Å²) < 4.78 is 0. The highest BCUT2D eigenvalue weighted by atomic mass is 16.2. The first-order chi connectivity index (χ1) is 9.17. The molecule has 19 heavy (non-hydrogen) atoms. The predicted molar refractivity (Wildman–Crippen MR) is 74.4 cm³/mol. The highest BCUT2D eigenvalue weighted by Gasteiger charge is 2.12. The molecular formula is C14H19N3O2. The Balaban J connectivity index is 2.41. The number of hydrogen-bond donors (Lipinski definition) is 2. The molecule has 2 N–H and O–H groups in total. The molecule has 0 bridgehead atoms. The number of hydrogen-bond acceptors (Lipinski definition) is 3. The largest absolute Gasteiger partial charge is 0.344 e. The van der Waals surface area contributed by atoms with E-state index in [-0.39, 0.29) is 0 Å². The maximum atomic E-state index is 11.5. The van der Waals surface area contributed by atoms with Crippen molar-refractivity contribution in [3.05, 3.63) is 35.9 Å². The molecule has 0 aliphatic carbocycles. The van der Waals surface area contributed by atoms with Crippen LogP contribution in [0.3, 0.4) is 0 Å². The van der Waals surface area contributed by atoms with E-state index in [9.17, 15) is 9.59 Å². The van der Waals surface area contributed by atoms with Crippen LogP contribution in [0, 0.1) is 0 Å². The van der Waals surface area contributed by atoms with Gasteiger partial charge in [0.15, 0.2) is 0 Å². The minimum Gasteiger partial charge on any atom is -0.344 e. The summed E-state index contributed by atoms with van der Waals surface area (Å²) in [4.78, 5) is 23.0. The zero-order chi connectivity index (χ0) is 14.1. The van der Waals surface area contributed by atoms with Crippen LogP contribution in [0.1, 0.15) is 32.3 Å². The lowest BCUT2D eigenvalue weighted by atomic mass is 10.2. The fourth-order valence-corrected chi connectivity index (χ4v) is 1.45. The molecule has 0 saturated carbocycles. The number of nitrogens with zero attached hydrogens (tertiary/aromatic N) is 1. The zero-order valence-electron chi connectivity index (χ0n) is 11.3. The summed E-state index contributed by atoms with van der Waals surface area (Å²) in [6, 6.07) is 9.40. The average molecular weight is 261 g/mol. The normalized spacial score (nSPS) is 9.58. The quantitative estimate of drug-likeness (QED) is 0.480. The van der Waals surface area contributed by atoms with Crippen molar-refractivity contribution in [2.24, 2.45) is 5.10 Å². The molecule has 0 aromatic heterocycles. The maximum absolute atomic E-state index is 11.5. The summed E-state index contributed by atoms with van der Waals surface area (Å²) in [6.45, 7) is 4.22. The zero-order valence-corrected chi connectivity index (χ0v) is 11.3. The molecule has 0 unspecified atom stereocenters. The van der Waals surface area contributed by atoms with Gasteiger partial charge in [-0.3, -0.25) is 9.59 Å². The van der Waals surface area contributed by atoms with Gasteiger partial charge in [-0.05, 0) is 18.4 Å². The molecule has 0 radical (unpaired) electrons. The van der Waals surface area contributed by atoms with E-state index in [2.05, 4.69) is 15.8 Å². The Morgan fingerprint density at radius 2 is 1.68 bits per heavy atom. The van der Waals surface area contributed by atoms with Crippen LogP contribution < -0.4 is 10.7 Å². The van der Waals surface area contributed by atoms with E-state index in [0.717, 1.165) is 24.1 Å². The highest BCUT2D eigenvalue weighted by molar-refractivity contribution is 6.35. The van der Waals surface area contributed by atoms with Crippen LogP contribution in [0.2, 0.25) is 0 Å². The first-order valence-corrected chi connectivity index (χ1v) is 6.34. The van der Waals surface area contributed by atoms with Crippen molar-refractivity contribution in [1.29, 1.82) is 0 Å². The van der Waals surface area contributed by atoms with E-state index >= 15 is 0 Å². The third kappa shape index (κ3) is 5.33. The topological polar surface area (TPSA) is 70.6 Å². The van der Waals surface area contributed by atoms with Gasteiger partial charge >= 0.3 is 11.8 Å². The number of amides is 2. The van der Waals surface area contributed by atoms with Crippen molar-refractivity contribution in [3.8, 4) is 0 Å². The van der Waals surface area contributed by atoms with E-state index in [1.165, 1.54) is 0 Å². The molecular weight excluding hydrogens is 242 g/mol. The Bertz CT molecular complexity index is 449. The fourth-order valence-electron chi connectivity index (χ4n) is 1.45. The van der Waals surface area contributed by atoms with E-state index in [4.69, 9.17) is 0 Å². The van der Waals surface area contributed by atoms with Gasteiger partial charge in [-0.15, -0.1) is 0 Å². The van der Waals surface area contributed by atoms with Crippen molar-refractivity contribution < 1.29 is 9.59 Å². The van der Waals surface area contributed by atoms with Crippen molar-refractivity contribution in [2.45, 2.75) is 33.2 Å². The maximum Gasteiger partial charge on any atom is 0.329 e. The molecule has 0 atom stereocenters. The molecule has 1 aromatic carbocycles. The number of nitrogens with one attached hydrogen (secondary N) is 2. The number of carbonyl (C=O) groups excluding carboxylic acids is 2. The van der Waals surface area contributed by atoms with E-state index in [1.54, 1.807) is 0 Å². The van der Waals surface area contributed by atoms with Gasteiger partial charge in [0.25, 0.3) is 0 Å². The molecule has 5 heteroatoms. The number of hydrazone groups is 1. The Kier molecular flexibility index (Phi) is 6.29. The first kappa shape index (κ1) is 14.9. The number of benzene rings is 1. The SMILES string of the molecule is CCC(CC)=NNC(=O)C(=O)NCc1ccccc1. The molecule has 2 amide bonds. The van der Waals surface area contributed by atoms with Gasteiger partial charge in [0.2, 0.25) is 0 Å². The summed E-state index contributed by atoms with van der Waals surface area (Å²) in [6.07, 6.45) is 1.50. The third-order valence-electron chi connectivity index (χ3n) is 2.63. The first-order valence-electron chi connectivity index (χ1n) is 6.34. The summed E-state index contributed by atoms with van der Waals surface area (Å²) in [5.74, 6) is -1.42. The highest BCUT2D eigenvalue weighted by Crippen LogP contribution is 1.96. The van der Waals surface area contributed by atoms with Crippen LogP contribution in [0.5, 0.6) is 0 Å². The Morgan fingerprint density at radius 1 is 1.05 bits per heavy atom. The van der Waals surface area contributed by atoms with Gasteiger partial charge in [0, 0.05) is 12.3 Å². The summed E-state index contributed by atoms with van der Waals surface area (Å²) in [7, 11) is 0. The molecule has 0 fully saturated rings. The average Bonchev–Trinajstić information content (AvgIpc) is 2.46. The van der Waals surface area contributed by atoms with E-state index < -0.39 is 11.8 Å². The van der Waals surface area contributed by atoms with Crippen LogP contribution in [0.4, 0.5) is 0 Å². The lowest BCUT2D eigenvalue weighted by Crippen LogP contribution is -2.37. The van der Waals surface area contributed by atoms with Crippen molar-refractivity contribution in [1.82, 2.24) is 10.7 Å². The fraction of sp³-hybridized carbons (Fsp3) is 0.357. The van der Waals surface area contributed by atoms with Crippen LogP contribution >= 0.6 is 0 Å². The lowest BCUT2D eigenvalue weighted by molar-refractivity contribution is -0.139. The second-order valence-corrected chi connectivity index (χ2v) is 3.99. The minimum absolute atomic E-state index is 0.325. The number of carbonyl (C=O) groups is 2. The summed E-state index contributed by atoms with van der Waals surface area (Å²) in [5.41, 5.74) is 4.05. The Hall–Kier alpha value is -2.17. The summed E-state index contributed by atoms with van der Waals surface area (Å²) >= 11 is 0. The van der Waals surface area contributed by atoms with Gasteiger partial charge in [-0.25, -0.2) is 5.43 Å². The second-order valence-electron chi connectivity index (χ2n) is 3.99. The monoisotopic (exact) mass is 261 g/mol. The molecule has 0 heterocycles. The molecule has 0 aliphatic rings. The van der Waals surface area contributed by atoms with Crippen molar-refractivity contribution in [3.63, 3.8) is 0 Å². The molecule has 0 saturated heterocycles. The Labute approximate surface area is 113 Å². The molecule has 5 nitrogen and oxygen atoms in total. The van der Waals surface area contributed by atoms with E-state index in [1.807, 2.05) is 44.2 Å². The molecule has 102 valence electrons. The van der Waals surface area contributed by atoms with Crippen LogP contribution in [0.25, 0.3) is 0 Å². The van der Waals surface area contributed by atoms with Gasteiger partial charge in [0.05, 0.1) is 0 Å². The smallest absolute Gasteiger partial charge is 0.329 e. The Morgan fingerprint density at radius 3 is 2.26 bits per heavy atom. The molecule has 1 rings (SSSR count). The standard InChI is InChI=1S/C14H19N3O2/c1-3-12(4-2)16-17-14(19)13(18)15-10-11-8-6-5-7-9-11/h5-9H,3-4,10H2,1-2H3,(H,15,18)(H,17,19). The third-order valence-corrected chi connectivity index (χ3v) is 2.63. The molecule has 1 aromatic rings. The van der Waals surface area contributed by atoms with Crippen molar-refractivity contribution in [2.75, 3.05) is 0 Å². The van der Waals surface area contributed by atoms with Crippen LogP contribution in [-0.2, 0) is 16.1 Å². The van der Waals surface area contributed by atoms with Gasteiger partial charge in [-0.2, -0.15) is 5.10 Å². The predicted octanol–water partition coefficient (Wildman–Crippen LogP) is 1.59. The molecule has 0 spiro atoms. The van der Waals surface area contributed by atoms with Crippen LogP contribution in [0.15, 0.2) is 35.4 Å². The van der Waals surface area contributed by atoms with E-state index in [0.29, 0.717) is 6.54 Å². The van der Waals surface area contributed by atoms with Gasteiger partial charge < -0.3 is 5.32 Å². The number of rotatable bonds is 5. The van der Waals surface area contributed by atoms with Gasteiger partial charge in [-0.1, -0.05) is 44.2 Å². The van der Waals surface area contributed by atoms with Crippen LogP contribution in [-0.4, -0.2) is 17.5 Å². The molecule has 0 aliphatic heterocycles. The minimum atomic E-state index is -0.740. The second kappa shape index (κ2) is 8.02. The van der Waals surface area contributed by atoms with Gasteiger partial charge in [0.1, 0.15) is 0 Å².